The van der Waals surface area contributed by atoms with Gasteiger partial charge in [-0.2, -0.15) is 0 Å². The molecule has 5 nitrogen and oxygen atoms in total. The fourth-order valence-electron chi connectivity index (χ4n) is 3.18. The maximum atomic E-state index is 12.5. The predicted molar refractivity (Wildman–Crippen MR) is 93.3 cm³/mol. The number of carbonyl (C=O) groups excluding carboxylic acids is 1. The zero-order valence-electron chi connectivity index (χ0n) is 13.6. The number of hydrogen-bond donors (Lipinski definition) is 1. The second kappa shape index (κ2) is 7.77. The van der Waals surface area contributed by atoms with E-state index in [1.807, 2.05) is 35.2 Å². The number of benzene rings is 1. The standard InChI is InChI=1S/C18H22N2O3S/c21-13-18(8-10-23-15-5-2-1-3-6-15)7-4-9-20(12-18)17(22)16-11-24-14-19-16/h1-3,5-6,11,14,21H,4,7-10,12-13H2. The van der Waals surface area contributed by atoms with Crippen LogP contribution in [0.1, 0.15) is 29.8 Å². The third-order valence-corrected chi connectivity index (χ3v) is 5.17. The molecule has 0 aliphatic carbocycles. The van der Waals surface area contributed by atoms with Crippen molar-refractivity contribution in [1.29, 1.82) is 0 Å². The van der Waals surface area contributed by atoms with Gasteiger partial charge in [0.15, 0.2) is 0 Å². The molecule has 128 valence electrons. The Morgan fingerprint density at radius 2 is 2.21 bits per heavy atom. The van der Waals surface area contributed by atoms with Crippen molar-refractivity contribution < 1.29 is 14.6 Å². The topological polar surface area (TPSA) is 62.7 Å². The summed E-state index contributed by atoms with van der Waals surface area (Å²) in [7, 11) is 0. The minimum Gasteiger partial charge on any atom is -0.494 e. The molecule has 0 spiro atoms. The van der Waals surface area contributed by atoms with Gasteiger partial charge >= 0.3 is 0 Å². The lowest BCUT2D eigenvalue weighted by Gasteiger charge is -2.41. The molecule has 6 heteroatoms. The molecule has 0 radical (unpaired) electrons. The van der Waals surface area contributed by atoms with Crippen molar-refractivity contribution in [1.82, 2.24) is 9.88 Å². The lowest BCUT2D eigenvalue weighted by atomic mass is 9.78. The van der Waals surface area contributed by atoms with Crippen LogP contribution in [0.25, 0.3) is 0 Å². The van der Waals surface area contributed by atoms with Crippen molar-refractivity contribution in [2.24, 2.45) is 5.41 Å². The molecule has 0 saturated carbocycles. The smallest absolute Gasteiger partial charge is 0.273 e. The summed E-state index contributed by atoms with van der Waals surface area (Å²) in [5.41, 5.74) is 1.87. The largest absolute Gasteiger partial charge is 0.494 e. The highest BCUT2D eigenvalue weighted by molar-refractivity contribution is 7.07. The molecule has 0 bridgehead atoms. The zero-order valence-corrected chi connectivity index (χ0v) is 14.4. The number of aliphatic hydroxyl groups excluding tert-OH is 1. The van der Waals surface area contributed by atoms with Crippen LogP contribution in [-0.4, -0.2) is 47.2 Å². The highest BCUT2D eigenvalue weighted by atomic mass is 32.1. The Morgan fingerprint density at radius 3 is 2.92 bits per heavy atom. The number of piperidine rings is 1. The van der Waals surface area contributed by atoms with Crippen LogP contribution in [-0.2, 0) is 0 Å². The van der Waals surface area contributed by atoms with E-state index in [1.54, 1.807) is 10.9 Å². The number of aromatic nitrogens is 1. The number of nitrogens with zero attached hydrogens (tertiary/aromatic N) is 2. The number of rotatable bonds is 6. The molecular weight excluding hydrogens is 324 g/mol. The fourth-order valence-corrected chi connectivity index (χ4v) is 3.70. The Morgan fingerprint density at radius 1 is 1.38 bits per heavy atom. The number of carbonyl (C=O) groups is 1. The van der Waals surface area contributed by atoms with Crippen LogP contribution < -0.4 is 4.74 Å². The number of ether oxygens (including phenoxy) is 1. The summed E-state index contributed by atoms with van der Waals surface area (Å²) in [4.78, 5) is 18.4. The average molecular weight is 346 g/mol. The van der Waals surface area contributed by atoms with E-state index < -0.39 is 0 Å². The van der Waals surface area contributed by atoms with Crippen LogP contribution in [0.4, 0.5) is 0 Å². The molecule has 1 amide bonds. The minimum absolute atomic E-state index is 0.0437. The van der Waals surface area contributed by atoms with Crippen molar-refractivity contribution in [3.8, 4) is 5.75 Å². The van der Waals surface area contributed by atoms with E-state index in [0.717, 1.165) is 31.6 Å². The van der Waals surface area contributed by atoms with E-state index in [-0.39, 0.29) is 17.9 Å². The maximum absolute atomic E-state index is 12.5. The third kappa shape index (κ3) is 3.94. The zero-order chi connectivity index (χ0) is 16.8. The Labute approximate surface area is 145 Å². The summed E-state index contributed by atoms with van der Waals surface area (Å²) in [6.07, 6.45) is 2.52. The summed E-state index contributed by atoms with van der Waals surface area (Å²) in [5, 5.41) is 11.7. The Kier molecular flexibility index (Phi) is 5.48. The lowest BCUT2D eigenvalue weighted by Crippen LogP contribution is -2.48. The molecule has 1 atom stereocenters. The Balaban J connectivity index is 1.60. The normalized spacial score (nSPS) is 20.8. The number of thiazole rings is 1. The van der Waals surface area contributed by atoms with Crippen molar-refractivity contribution in [2.45, 2.75) is 19.3 Å². The molecule has 3 rings (SSSR count). The van der Waals surface area contributed by atoms with Crippen molar-refractivity contribution in [3.63, 3.8) is 0 Å². The number of aliphatic hydroxyl groups is 1. The molecule has 1 aliphatic rings. The molecule has 1 N–H and O–H groups in total. The molecule has 2 aromatic rings. The second-order valence-electron chi connectivity index (χ2n) is 6.27. The second-order valence-corrected chi connectivity index (χ2v) is 6.99. The van der Waals surface area contributed by atoms with Gasteiger partial charge in [-0.05, 0) is 31.4 Å². The first kappa shape index (κ1) is 16.9. The van der Waals surface area contributed by atoms with Gasteiger partial charge < -0.3 is 14.7 Å². The van der Waals surface area contributed by atoms with E-state index in [1.165, 1.54) is 11.3 Å². The van der Waals surface area contributed by atoms with Gasteiger partial charge in [0.25, 0.3) is 5.91 Å². The average Bonchev–Trinajstić information content (AvgIpc) is 3.17. The Bertz CT molecular complexity index is 648. The van der Waals surface area contributed by atoms with Gasteiger partial charge in [0.2, 0.25) is 0 Å². The van der Waals surface area contributed by atoms with Crippen LogP contribution in [0.5, 0.6) is 5.75 Å². The molecular formula is C18H22N2O3S. The van der Waals surface area contributed by atoms with E-state index in [9.17, 15) is 9.90 Å². The van der Waals surface area contributed by atoms with Gasteiger partial charge in [-0.25, -0.2) is 4.98 Å². The monoisotopic (exact) mass is 346 g/mol. The summed E-state index contributed by atoms with van der Waals surface area (Å²) in [6, 6.07) is 9.66. The molecule has 1 aliphatic heterocycles. The van der Waals surface area contributed by atoms with Gasteiger partial charge in [-0.3, -0.25) is 4.79 Å². The first-order valence-corrected chi connectivity index (χ1v) is 9.13. The van der Waals surface area contributed by atoms with Crippen LogP contribution in [0, 0.1) is 5.41 Å². The number of likely N-dealkylation sites (tertiary alicyclic amines) is 1. The van der Waals surface area contributed by atoms with E-state index in [4.69, 9.17) is 4.74 Å². The molecule has 1 aromatic heterocycles. The summed E-state index contributed by atoms with van der Waals surface area (Å²) in [5.74, 6) is 0.787. The molecule has 2 heterocycles. The fraction of sp³-hybridized carbons (Fsp3) is 0.444. The minimum atomic E-state index is -0.293. The first-order chi connectivity index (χ1) is 11.7. The van der Waals surface area contributed by atoms with Gasteiger partial charge in [-0.15, -0.1) is 11.3 Å². The molecule has 1 saturated heterocycles. The van der Waals surface area contributed by atoms with E-state index in [2.05, 4.69) is 4.98 Å². The number of para-hydroxylation sites is 1. The van der Waals surface area contributed by atoms with Crippen LogP contribution in [0.3, 0.4) is 0 Å². The van der Waals surface area contributed by atoms with Crippen molar-refractivity contribution in [3.05, 3.63) is 46.9 Å². The first-order valence-electron chi connectivity index (χ1n) is 8.19. The number of amides is 1. The van der Waals surface area contributed by atoms with Crippen molar-refractivity contribution in [2.75, 3.05) is 26.3 Å². The SMILES string of the molecule is O=C(c1cscn1)N1CCCC(CO)(CCOc2ccccc2)C1. The van der Waals surface area contributed by atoms with Gasteiger partial charge in [0.1, 0.15) is 11.4 Å². The lowest BCUT2D eigenvalue weighted by molar-refractivity contribution is 0.0153. The van der Waals surface area contributed by atoms with Crippen LogP contribution in [0.15, 0.2) is 41.2 Å². The van der Waals surface area contributed by atoms with E-state index in [0.29, 0.717) is 18.8 Å². The van der Waals surface area contributed by atoms with Gasteiger partial charge in [0.05, 0.1) is 18.7 Å². The highest BCUT2D eigenvalue weighted by Crippen LogP contribution is 2.34. The third-order valence-electron chi connectivity index (χ3n) is 4.58. The molecule has 24 heavy (non-hydrogen) atoms. The van der Waals surface area contributed by atoms with Gasteiger partial charge in [0, 0.05) is 23.9 Å². The molecule has 1 aromatic carbocycles. The number of hydrogen-bond acceptors (Lipinski definition) is 5. The maximum Gasteiger partial charge on any atom is 0.273 e. The summed E-state index contributed by atoms with van der Waals surface area (Å²) in [6.45, 7) is 1.87. The molecule has 1 unspecified atom stereocenters. The van der Waals surface area contributed by atoms with E-state index >= 15 is 0 Å². The van der Waals surface area contributed by atoms with Crippen LogP contribution >= 0.6 is 11.3 Å². The van der Waals surface area contributed by atoms with Gasteiger partial charge in [-0.1, -0.05) is 18.2 Å². The predicted octanol–water partition coefficient (Wildman–Crippen LogP) is 2.83. The quantitative estimate of drug-likeness (QED) is 0.874. The van der Waals surface area contributed by atoms with Crippen LogP contribution in [0.2, 0.25) is 0 Å². The highest BCUT2D eigenvalue weighted by Gasteiger charge is 2.37. The summed E-state index contributed by atoms with van der Waals surface area (Å²) >= 11 is 1.42. The Hall–Kier alpha value is -1.92. The molecule has 1 fully saturated rings. The summed E-state index contributed by atoms with van der Waals surface area (Å²) < 4.78 is 5.78. The van der Waals surface area contributed by atoms with Crippen molar-refractivity contribution >= 4 is 17.2 Å².